The lowest BCUT2D eigenvalue weighted by Gasteiger charge is -2.36. The first kappa shape index (κ1) is 19.9. The molecule has 0 saturated carbocycles. The molecule has 0 aromatic heterocycles. The van der Waals surface area contributed by atoms with Crippen molar-refractivity contribution >= 4 is 21.6 Å². The fourth-order valence-electron chi connectivity index (χ4n) is 3.30. The van der Waals surface area contributed by atoms with Crippen molar-refractivity contribution in [3.8, 4) is 0 Å². The third-order valence-electron chi connectivity index (χ3n) is 4.77. The maximum absolute atomic E-state index is 12.8. The number of carbonyl (C=O) groups excluding carboxylic acids is 1. The van der Waals surface area contributed by atoms with E-state index in [4.69, 9.17) is 0 Å². The first-order valence-electron chi connectivity index (χ1n) is 8.72. The molecular formula is C18H29N3O3S. The molecule has 0 atom stereocenters. The van der Waals surface area contributed by atoms with Crippen molar-refractivity contribution in [3.05, 3.63) is 30.3 Å². The van der Waals surface area contributed by atoms with Crippen LogP contribution in [-0.2, 0) is 14.8 Å². The van der Waals surface area contributed by atoms with Gasteiger partial charge in [-0.3, -0.25) is 9.69 Å². The number of rotatable bonds is 6. The first-order chi connectivity index (χ1) is 11.7. The van der Waals surface area contributed by atoms with E-state index < -0.39 is 10.0 Å². The number of hydrogen-bond acceptors (Lipinski definition) is 4. The maximum Gasteiger partial charge on any atom is 0.241 e. The molecule has 1 saturated heterocycles. The Morgan fingerprint density at radius 1 is 1.20 bits per heavy atom. The lowest BCUT2D eigenvalue weighted by molar-refractivity contribution is -0.120. The average molecular weight is 368 g/mol. The van der Waals surface area contributed by atoms with E-state index in [1.165, 1.54) is 10.6 Å². The van der Waals surface area contributed by atoms with Crippen LogP contribution in [0.25, 0.3) is 0 Å². The molecule has 25 heavy (non-hydrogen) atoms. The largest absolute Gasteiger partial charge is 0.309 e. The Morgan fingerprint density at radius 3 is 2.24 bits per heavy atom. The van der Waals surface area contributed by atoms with Crippen LogP contribution in [-0.4, -0.2) is 68.6 Å². The summed E-state index contributed by atoms with van der Waals surface area (Å²) in [4.78, 5) is 16.8. The third-order valence-corrected chi connectivity index (χ3v) is 6.12. The summed E-state index contributed by atoms with van der Waals surface area (Å²) < 4.78 is 24.8. The highest BCUT2D eigenvalue weighted by Crippen LogP contribution is 2.20. The summed E-state index contributed by atoms with van der Waals surface area (Å²) in [6, 6.07) is 9.82. The number of hydrogen-bond donors (Lipinski definition) is 0. The minimum Gasteiger partial charge on any atom is -0.309 e. The Balaban J connectivity index is 1.95. The summed E-state index contributed by atoms with van der Waals surface area (Å²) >= 11 is 0. The van der Waals surface area contributed by atoms with Crippen LogP contribution < -0.4 is 4.90 Å². The lowest BCUT2D eigenvalue weighted by atomic mass is 10.1. The second-order valence-corrected chi connectivity index (χ2v) is 9.02. The molecule has 1 aromatic rings. The standard InChI is InChI=1S/C18H29N3O3S/c1-15(2)21(17-8-6-5-7-9-17)18(22)14-20-12-10-16(11-13-20)19(3)25(4,23)24/h5-9,15-16H,10-14H2,1-4H3. The van der Waals surface area contributed by atoms with Gasteiger partial charge in [0.1, 0.15) is 0 Å². The zero-order valence-electron chi connectivity index (χ0n) is 15.6. The second kappa shape index (κ2) is 8.29. The Labute approximate surface area is 151 Å². The van der Waals surface area contributed by atoms with Gasteiger partial charge in [0.25, 0.3) is 0 Å². The molecular weight excluding hydrogens is 338 g/mol. The van der Waals surface area contributed by atoms with E-state index in [1.807, 2.05) is 49.1 Å². The zero-order valence-corrected chi connectivity index (χ0v) is 16.4. The highest BCUT2D eigenvalue weighted by Gasteiger charge is 2.29. The minimum absolute atomic E-state index is 0.0247. The summed E-state index contributed by atoms with van der Waals surface area (Å²) in [7, 11) is -1.53. The molecule has 0 bridgehead atoms. The second-order valence-electron chi connectivity index (χ2n) is 6.98. The molecule has 1 aliphatic heterocycles. The third kappa shape index (κ3) is 5.26. The molecule has 0 radical (unpaired) electrons. The van der Waals surface area contributed by atoms with Crippen LogP contribution in [0.1, 0.15) is 26.7 Å². The van der Waals surface area contributed by atoms with Gasteiger partial charge in [0, 0.05) is 37.9 Å². The topological polar surface area (TPSA) is 60.9 Å². The highest BCUT2D eigenvalue weighted by molar-refractivity contribution is 7.88. The fraction of sp³-hybridized carbons (Fsp3) is 0.611. The summed E-state index contributed by atoms with van der Waals surface area (Å²) in [5, 5.41) is 0. The number of anilines is 1. The Kier molecular flexibility index (Phi) is 6.59. The normalized spacial score (nSPS) is 17.2. The summed E-state index contributed by atoms with van der Waals surface area (Å²) in [6.45, 7) is 5.85. The maximum atomic E-state index is 12.8. The molecule has 0 unspecified atom stereocenters. The molecule has 2 rings (SSSR count). The molecule has 0 spiro atoms. The first-order valence-corrected chi connectivity index (χ1v) is 10.6. The summed E-state index contributed by atoms with van der Waals surface area (Å²) in [5.74, 6) is 0.0797. The van der Waals surface area contributed by atoms with Gasteiger partial charge in [-0.2, -0.15) is 0 Å². The van der Waals surface area contributed by atoms with Gasteiger partial charge in [-0.15, -0.1) is 0 Å². The quantitative estimate of drug-likeness (QED) is 0.769. The van der Waals surface area contributed by atoms with Crippen LogP contribution in [0.3, 0.4) is 0 Å². The molecule has 0 aliphatic carbocycles. The number of nitrogens with zero attached hydrogens (tertiary/aromatic N) is 3. The molecule has 0 N–H and O–H groups in total. The number of sulfonamides is 1. The van der Waals surface area contributed by atoms with E-state index in [-0.39, 0.29) is 18.0 Å². The molecule has 6 nitrogen and oxygen atoms in total. The smallest absolute Gasteiger partial charge is 0.241 e. The molecule has 1 aliphatic rings. The Hall–Kier alpha value is -1.44. The van der Waals surface area contributed by atoms with Crippen LogP contribution >= 0.6 is 0 Å². The average Bonchev–Trinajstić information content (AvgIpc) is 2.55. The van der Waals surface area contributed by atoms with E-state index in [0.29, 0.717) is 6.54 Å². The number of carbonyl (C=O) groups is 1. The SMILES string of the molecule is CC(C)N(C(=O)CN1CCC(N(C)S(C)(=O)=O)CC1)c1ccccc1. The van der Waals surface area contributed by atoms with E-state index in [2.05, 4.69) is 4.90 Å². The van der Waals surface area contributed by atoms with Gasteiger partial charge in [0.05, 0.1) is 12.8 Å². The number of benzene rings is 1. The predicted octanol–water partition coefficient (Wildman–Crippen LogP) is 1.78. The van der Waals surface area contributed by atoms with Crippen molar-refractivity contribution in [2.45, 2.75) is 38.8 Å². The Bertz CT molecular complexity index is 668. The van der Waals surface area contributed by atoms with Crippen molar-refractivity contribution in [2.24, 2.45) is 0 Å². The van der Waals surface area contributed by atoms with Crippen LogP contribution in [0.15, 0.2) is 30.3 Å². The number of likely N-dealkylation sites (tertiary alicyclic amines) is 1. The van der Waals surface area contributed by atoms with E-state index >= 15 is 0 Å². The zero-order chi connectivity index (χ0) is 18.6. The van der Waals surface area contributed by atoms with Gasteiger partial charge < -0.3 is 4.90 Å². The van der Waals surface area contributed by atoms with Crippen LogP contribution in [0.2, 0.25) is 0 Å². The van der Waals surface area contributed by atoms with Crippen LogP contribution in [0, 0.1) is 0 Å². The molecule has 1 fully saturated rings. The van der Waals surface area contributed by atoms with Gasteiger partial charge in [0.2, 0.25) is 15.9 Å². The molecule has 1 aromatic carbocycles. The highest BCUT2D eigenvalue weighted by atomic mass is 32.2. The van der Waals surface area contributed by atoms with Gasteiger partial charge in [0.15, 0.2) is 0 Å². The monoisotopic (exact) mass is 367 g/mol. The fourth-order valence-corrected chi connectivity index (χ4v) is 4.05. The van der Waals surface area contributed by atoms with Gasteiger partial charge in [-0.25, -0.2) is 12.7 Å². The molecule has 7 heteroatoms. The number of para-hydroxylation sites is 1. The van der Waals surface area contributed by atoms with E-state index in [1.54, 1.807) is 7.05 Å². The molecule has 1 amide bonds. The van der Waals surface area contributed by atoms with Gasteiger partial charge in [-0.05, 0) is 38.8 Å². The van der Waals surface area contributed by atoms with Crippen molar-refractivity contribution in [2.75, 3.05) is 37.8 Å². The van der Waals surface area contributed by atoms with Crippen LogP contribution in [0.5, 0.6) is 0 Å². The van der Waals surface area contributed by atoms with Gasteiger partial charge in [-0.1, -0.05) is 18.2 Å². The Morgan fingerprint density at radius 2 is 1.76 bits per heavy atom. The van der Waals surface area contributed by atoms with Crippen molar-refractivity contribution < 1.29 is 13.2 Å². The summed E-state index contributed by atoms with van der Waals surface area (Å²) in [6.07, 6.45) is 2.75. The van der Waals surface area contributed by atoms with Gasteiger partial charge >= 0.3 is 0 Å². The number of amides is 1. The minimum atomic E-state index is -3.16. The molecule has 1 heterocycles. The summed E-state index contributed by atoms with van der Waals surface area (Å²) in [5.41, 5.74) is 0.911. The van der Waals surface area contributed by atoms with E-state index in [0.717, 1.165) is 31.6 Å². The molecule has 140 valence electrons. The van der Waals surface area contributed by atoms with E-state index in [9.17, 15) is 13.2 Å². The number of piperidine rings is 1. The van der Waals surface area contributed by atoms with Crippen molar-refractivity contribution in [1.29, 1.82) is 0 Å². The lowest BCUT2D eigenvalue weighted by Crippen LogP contribution is -2.49. The predicted molar refractivity (Wildman–Crippen MR) is 101 cm³/mol. The van der Waals surface area contributed by atoms with Crippen LogP contribution in [0.4, 0.5) is 5.69 Å². The van der Waals surface area contributed by atoms with Crippen molar-refractivity contribution in [3.63, 3.8) is 0 Å². The van der Waals surface area contributed by atoms with Crippen molar-refractivity contribution in [1.82, 2.24) is 9.21 Å².